The summed E-state index contributed by atoms with van der Waals surface area (Å²) in [5.41, 5.74) is 3.56. The van der Waals surface area contributed by atoms with Gasteiger partial charge < -0.3 is 9.80 Å². The Balaban J connectivity index is 1.57. The van der Waals surface area contributed by atoms with Gasteiger partial charge in [0.1, 0.15) is 11.5 Å². The highest BCUT2D eigenvalue weighted by atomic mass is 32.1. The molecule has 1 saturated heterocycles. The Kier molecular flexibility index (Phi) is 5.97. The minimum absolute atomic E-state index is 0.0372. The summed E-state index contributed by atoms with van der Waals surface area (Å²) in [6, 6.07) is 10.5. The molecule has 1 aromatic carbocycles. The monoisotopic (exact) mass is 476 g/mol. The highest BCUT2D eigenvalue weighted by Gasteiger charge is 2.31. The zero-order valence-corrected chi connectivity index (χ0v) is 20.1. The summed E-state index contributed by atoms with van der Waals surface area (Å²) < 4.78 is 15.1. The fraction of sp³-hybridized carbons (Fsp3) is 0.280. The van der Waals surface area contributed by atoms with Crippen LogP contribution in [0.5, 0.6) is 0 Å². The Bertz CT molecular complexity index is 1320. The van der Waals surface area contributed by atoms with Crippen LogP contribution in [0, 0.1) is 12.7 Å². The van der Waals surface area contributed by atoms with E-state index < -0.39 is 0 Å². The van der Waals surface area contributed by atoms with Crippen LogP contribution in [0.4, 0.5) is 4.39 Å². The molecular weight excluding hydrogens is 451 g/mol. The van der Waals surface area contributed by atoms with Crippen LogP contribution in [0.15, 0.2) is 54.2 Å². The van der Waals surface area contributed by atoms with Gasteiger partial charge in [-0.1, -0.05) is 6.07 Å². The molecule has 174 valence electrons. The van der Waals surface area contributed by atoms with Gasteiger partial charge >= 0.3 is 0 Å². The number of amides is 1. The second-order valence-corrected chi connectivity index (χ2v) is 9.61. The van der Waals surface area contributed by atoms with Crippen LogP contribution in [-0.2, 0) is 0 Å². The quantitative estimate of drug-likeness (QED) is 0.430. The van der Waals surface area contributed by atoms with E-state index in [4.69, 9.17) is 4.98 Å². The Morgan fingerprint density at radius 1 is 1.18 bits per heavy atom. The number of likely N-dealkylation sites (tertiary alicyclic amines) is 1. The molecule has 1 amide bonds. The molecule has 4 aromatic rings. The van der Waals surface area contributed by atoms with Crippen molar-refractivity contribution in [2.24, 2.45) is 0 Å². The first-order chi connectivity index (χ1) is 16.4. The van der Waals surface area contributed by atoms with Gasteiger partial charge in [-0.15, -0.1) is 11.3 Å². The maximum Gasteiger partial charge on any atom is 0.257 e. The standard InChI is InChI=1S/C25H25FN6OS/c1-16-13-27-25(29-22(16)17-6-8-18(26)9-7-17)32-23(21-5-4-12-34-21)20(14-28-32)24(33)31-11-10-19(15-31)30(2)3/h4-9,12-14,19H,10-11,15H2,1-3H3. The summed E-state index contributed by atoms with van der Waals surface area (Å²) in [7, 11) is 4.09. The van der Waals surface area contributed by atoms with Gasteiger partial charge in [0.05, 0.1) is 22.3 Å². The summed E-state index contributed by atoms with van der Waals surface area (Å²) in [5, 5.41) is 6.52. The minimum Gasteiger partial charge on any atom is -0.337 e. The third-order valence-corrected chi connectivity index (χ3v) is 7.08. The Labute approximate surface area is 201 Å². The number of aryl methyl sites for hydroxylation is 1. The number of benzene rings is 1. The second kappa shape index (κ2) is 9.08. The van der Waals surface area contributed by atoms with E-state index in [0.29, 0.717) is 42.0 Å². The Hall–Kier alpha value is -3.43. The van der Waals surface area contributed by atoms with E-state index in [1.807, 2.05) is 43.4 Å². The predicted octanol–water partition coefficient (Wildman–Crippen LogP) is 4.28. The zero-order chi connectivity index (χ0) is 23.8. The van der Waals surface area contributed by atoms with Crippen LogP contribution in [0.25, 0.3) is 27.8 Å². The van der Waals surface area contributed by atoms with Gasteiger partial charge in [-0.05, 0) is 68.7 Å². The maximum atomic E-state index is 13.5. The van der Waals surface area contributed by atoms with Gasteiger partial charge in [-0.2, -0.15) is 9.78 Å². The van der Waals surface area contributed by atoms with Crippen molar-refractivity contribution in [1.29, 1.82) is 0 Å². The van der Waals surface area contributed by atoms with Crippen LogP contribution < -0.4 is 0 Å². The molecule has 1 unspecified atom stereocenters. The molecule has 9 heteroatoms. The number of rotatable bonds is 5. The fourth-order valence-corrected chi connectivity index (χ4v) is 5.03. The van der Waals surface area contributed by atoms with Crippen LogP contribution in [-0.4, -0.2) is 68.7 Å². The maximum absolute atomic E-state index is 13.5. The lowest BCUT2D eigenvalue weighted by atomic mass is 10.1. The van der Waals surface area contributed by atoms with Gasteiger partial charge in [-0.25, -0.2) is 14.4 Å². The lowest BCUT2D eigenvalue weighted by molar-refractivity contribution is 0.0784. The third-order valence-electron chi connectivity index (χ3n) is 6.20. The normalized spacial score (nSPS) is 15.9. The average Bonchev–Trinajstić information content (AvgIpc) is 3.60. The molecular formula is C25H25FN6OS. The molecule has 0 aliphatic carbocycles. The topological polar surface area (TPSA) is 67.2 Å². The number of aromatic nitrogens is 4. The highest BCUT2D eigenvalue weighted by molar-refractivity contribution is 7.13. The molecule has 3 aromatic heterocycles. The molecule has 1 aliphatic rings. The Morgan fingerprint density at radius 2 is 1.97 bits per heavy atom. The van der Waals surface area contributed by atoms with Gasteiger partial charge in [-0.3, -0.25) is 4.79 Å². The van der Waals surface area contributed by atoms with E-state index in [2.05, 4.69) is 15.0 Å². The van der Waals surface area contributed by atoms with Crippen molar-refractivity contribution in [1.82, 2.24) is 29.5 Å². The van der Waals surface area contributed by atoms with Gasteiger partial charge in [0.15, 0.2) is 0 Å². The molecule has 4 heterocycles. The molecule has 0 saturated carbocycles. The van der Waals surface area contributed by atoms with Crippen molar-refractivity contribution in [2.75, 3.05) is 27.2 Å². The first-order valence-corrected chi connectivity index (χ1v) is 12.0. The van der Waals surface area contributed by atoms with E-state index in [9.17, 15) is 9.18 Å². The van der Waals surface area contributed by atoms with Crippen LogP contribution in [0.3, 0.4) is 0 Å². The number of nitrogens with zero attached hydrogens (tertiary/aromatic N) is 6. The SMILES string of the molecule is Cc1cnc(-n2ncc(C(=O)N3CCC(N(C)C)C3)c2-c2cccs2)nc1-c1ccc(F)cc1. The van der Waals surface area contributed by atoms with Crippen molar-refractivity contribution >= 4 is 17.2 Å². The van der Waals surface area contributed by atoms with Crippen LogP contribution in [0.1, 0.15) is 22.3 Å². The molecule has 0 spiro atoms. The molecule has 0 N–H and O–H groups in total. The number of hydrogen-bond acceptors (Lipinski definition) is 6. The summed E-state index contributed by atoms with van der Waals surface area (Å²) in [4.78, 5) is 27.8. The van der Waals surface area contributed by atoms with E-state index >= 15 is 0 Å². The van der Waals surface area contributed by atoms with Gasteiger partial charge in [0.2, 0.25) is 0 Å². The van der Waals surface area contributed by atoms with E-state index in [-0.39, 0.29) is 11.7 Å². The molecule has 0 radical (unpaired) electrons. The number of halogens is 1. The number of carbonyl (C=O) groups excluding carboxylic acids is 1. The number of thiophene rings is 1. The molecule has 0 bridgehead atoms. The number of carbonyl (C=O) groups is 1. The smallest absolute Gasteiger partial charge is 0.257 e. The summed E-state index contributed by atoms with van der Waals surface area (Å²) in [6.45, 7) is 3.32. The fourth-order valence-electron chi connectivity index (χ4n) is 4.26. The first kappa shape index (κ1) is 22.4. The number of likely N-dealkylation sites (N-methyl/N-ethyl adjacent to an activating group) is 1. The average molecular weight is 477 g/mol. The molecule has 1 atom stereocenters. The minimum atomic E-state index is -0.302. The van der Waals surface area contributed by atoms with Crippen LogP contribution >= 0.6 is 11.3 Å². The highest BCUT2D eigenvalue weighted by Crippen LogP contribution is 2.32. The first-order valence-electron chi connectivity index (χ1n) is 11.1. The van der Waals surface area contributed by atoms with Crippen molar-refractivity contribution in [3.05, 3.63) is 71.1 Å². The molecule has 5 rings (SSSR count). The van der Waals surface area contributed by atoms with Gasteiger partial charge in [0, 0.05) is 30.9 Å². The van der Waals surface area contributed by atoms with E-state index in [1.165, 1.54) is 23.5 Å². The summed E-state index contributed by atoms with van der Waals surface area (Å²) in [6.07, 6.45) is 4.29. The molecule has 1 aliphatic heterocycles. The van der Waals surface area contributed by atoms with Crippen molar-refractivity contribution in [2.45, 2.75) is 19.4 Å². The third kappa shape index (κ3) is 4.12. The molecule has 1 fully saturated rings. The lowest BCUT2D eigenvalue weighted by Gasteiger charge is -2.20. The van der Waals surface area contributed by atoms with Crippen molar-refractivity contribution < 1.29 is 9.18 Å². The molecule has 34 heavy (non-hydrogen) atoms. The summed E-state index contributed by atoms with van der Waals surface area (Å²) >= 11 is 1.54. The van der Waals surface area contributed by atoms with Crippen molar-refractivity contribution in [3.8, 4) is 27.8 Å². The van der Waals surface area contributed by atoms with Crippen LogP contribution in [0.2, 0.25) is 0 Å². The zero-order valence-electron chi connectivity index (χ0n) is 19.3. The lowest BCUT2D eigenvalue weighted by Crippen LogP contribution is -2.34. The largest absolute Gasteiger partial charge is 0.337 e. The van der Waals surface area contributed by atoms with E-state index in [1.54, 1.807) is 29.2 Å². The van der Waals surface area contributed by atoms with Crippen molar-refractivity contribution in [3.63, 3.8) is 0 Å². The predicted molar refractivity (Wildman–Crippen MR) is 131 cm³/mol. The van der Waals surface area contributed by atoms with Gasteiger partial charge in [0.25, 0.3) is 11.9 Å². The van der Waals surface area contributed by atoms with E-state index in [0.717, 1.165) is 22.4 Å². The summed E-state index contributed by atoms with van der Waals surface area (Å²) in [5.74, 6) is 0.0224. The number of hydrogen-bond donors (Lipinski definition) is 0. The molecule has 7 nitrogen and oxygen atoms in total. The second-order valence-electron chi connectivity index (χ2n) is 8.66. The Morgan fingerprint density at radius 3 is 2.65 bits per heavy atom.